The van der Waals surface area contributed by atoms with Gasteiger partial charge in [-0.05, 0) is 80.6 Å². The number of aromatic nitrogens is 2. The van der Waals surface area contributed by atoms with E-state index >= 15 is 0 Å². The Morgan fingerprint density at radius 2 is 1.74 bits per heavy atom. The summed E-state index contributed by atoms with van der Waals surface area (Å²) in [7, 11) is -3.71. The van der Waals surface area contributed by atoms with Crippen LogP contribution in [0.5, 0.6) is 0 Å². The standard InChI is InChI=1S/C29H38F2N6O4S/c1-19(17-38)18-42(40,41)35-22-3-4-23(24(16-22)36-13-9-29(7-8-29)10-14-36)27(39)33-25-15-20(2)32-28(34-25)37-11-5-21(6-12-37)26(30)31/h3-4,15-16,19,35,38H,5-14,17-18H2,1-2H3,(H,32,33,34,39)/t19-/m1/s1. The van der Waals surface area contributed by atoms with Crippen LogP contribution < -0.4 is 19.8 Å². The van der Waals surface area contributed by atoms with Crippen LogP contribution in [0, 0.1) is 18.3 Å². The van der Waals surface area contributed by atoms with Crippen LogP contribution in [-0.2, 0) is 10.0 Å². The van der Waals surface area contributed by atoms with E-state index in [1.165, 1.54) is 12.8 Å². The normalized spacial score (nSPS) is 19.0. The van der Waals surface area contributed by atoms with Crippen molar-refractivity contribution in [3.63, 3.8) is 0 Å². The highest BCUT2D eigenvalue weighted by Crippen LogP contribution is 2.54. The first kappa shape index (κ1) is 30.1. The molecule has 0 radical (unpaired) electrons. The Balaban J connectivity index is 1.37. The summed E-state index contributed by atoms with van der Waals surface area (Å²) in [6.45, 7) is 5.44. The molecular weight excluding hydrogens is 566 g/mol. The van der Waals surface area contributed by atoms with Crippen LogP contribution in [0.15, 0.2) is 35.9 Å². The molecule has 1 amide bonds. The lowest BCUT2D eigenvalue weighted by molar-refractivity contribution is 0.102. The molecule has 13 heteroatoms. The number of aryl methyl sites for hydroxylation is 1. The van der Waals surface area contributed by atoms with Crippen molar-refractivity contribution in [1.29, 1.82) is 0 Å². The number of benzene rings is 1. The molecule has 1 atom stereocenters. The van der Waals surface area contributed by atoms with Gasteiger partial charge in [0.15, 0.2) is 0 Å². The number of anilines is 4. The lowest BCUT2D eigenvalue weighted by atomic mass is 9.93. The van der Waals surface area contributed by atoms with E-state index in [1.54, 1.807) is 38.1 Å². The second kappa shape index (κ2) is 12.1. The highest BCUT2D eigenvalue weighted by atomic mass is 32.2. The molecule has 5 rings (SSSR count). The predicted octanol–water partition coefficient (Wildman–Crippen LogP) is 4.54. The summed E-state index contributed by atoms with van der Waals surface area (Å²) in [5.41, 5.74) is 2.56. The lowest BCUT2D eigenvalue weighted by Crippen LogP contribution is -2.36. The number of aliphatic hydroxyl groups excluding tert-OH is 1. The zero-order valence-electron chi connectivity index (χ0n) is 24.0. The lowest BCUT2D eigenvalue weighted by Gasteiger charge is -2.35. The maximum Gasteiger partial charge on any atom is 0.269 e. The summed E-state index contributed by atoms with van der Waals surface area (Å²) in [4.78, 5) is 26.6. The van der Waals surface area contributed by atoms with E-state index in [-0.39, 0.29) is 30.8 Å². The van der Waals surface area contributed by atoms with Crippen LogP contribution in [0.2, 0.25) is 0 Å². The average molecular weight is 605 g/mol. The van der Waals surface area contributed by atoms with Crippen molar-refractivity contribution in [2.45, 2.75) is 52.4 Å². The summed E-state index contributed by atoms with van der Waals surface area (Å²) in [6.07, 6.45) is 3.33. The van der Waals surface area contributed by atoms with Crippen LogP contribution in [0.1, 0.15) is 61.5 Å². The van der Waals surface area contributed by atoms with Crippen LogP contribution >= 0.6 is 0 Å². The van der Waals surface area contributed by atoms with Gasteiger partial charge in [-0.25, -0.2) is 13.4 Å². The number of halogens is 2. The van der Waals surface area contributed by atoms with Crippen molar-refractivity contribution >= 4 is 39.1 Å². The van der Waals surface area contributed by atoms with Gasteiger partial charge >= 0.3 is 0 Å². The molecule has 228 valence electrons. The summed E-state index contributed by atoms with van der Waals surface area (Å²) in [5.74, 6) is -0.368. The van der Waals surface area contributed by atoms with Crippen molar-refractivity contribution < 1.29 is 27.1 Å². The monoisotopic (exact) mass is 604 g/mol. The highest BCUT2D eigenvalue weighted by molar-refractivity contribution is 7.92. The highest BCUT2D eigenvalue weighted by Gasteiger charge is 2.44. The molecule has 0 bridgehead atoms. The van der Waals surface area contributed by atoms with Crippen molar-refractivity contribution in [3.8, 4) is 0 Å². The van der Waals surface area contributed by atoms with Gasteiger partial charge in [-0.1, -0.05) is 6.92 Å². The number of amides is 1. The van der Waals surface area contributed by atoms with Gasteiger partial charge in [-0.3, -0.25) is 9.52 Å². The number of aliphatic hydroxyl groups is 1. The van der Waals surface area contributed by atoms with E-state index in [0.29, 0.717) is 52.9 Å². The first-order valence-corrected chi connectivity index (χ1v) is 16.1. The molecule has 1 saturated carbocycles. The van der Waals surface area contributed by atoms with Gasteiger partial charge in [0.05, 0.1) is 22.7 Å². The number of sulfonamides is 1. The van der Waals surface area contributed by atoms with Crippen molar-refractivity contribution in [2.75, 3.05) is 58.4 Å². The Kier molecular flexibility index (Phi) is 8.70. The first-order valence-electron chi connectivity index (χ1n) is 14.4. The van der Waals surface area contributed by atoms with Gasteiger partial charge in [0.2, 0.25) is 16.0 Å². The summed E-state index contributed by atoms with van der Waals surface area (Å²) < 4.78 is 54.0. The molecule has 1 aromatic heterocycles. The van der Waals surface area contributed by atoms with Crippen LogP contribution in [0.25, 0.3) is 0 Å². The molecule has 3 aliphatic rings. The maximum atomic E-state index is 13.6. The molecule has 1 aliphatic carbocycles. The average Bonchev–Trinajstić information content (AvgIpc) is 3.71. The minimum absolute atomic E-state index is 0.152. The molecule has 1 aromatic carbocycles. The largest absolute Gasteiger partial charge is 0.396 e. The molecule has 2 aliphatic heterocycles. The number of rotatable bonds is 9. The Hall–Kier alpha value is -3.32. The Morgan fingerprint density at radius 3 is 2.36 bits per heavy atom. The van der Waals surface area contributed by atoms with Crippen LogP contribution in [0.3, 0.4) is 0 Å². The quantitative estimate of drug-likeness (QED) is 0.381. The minimum Gasteiger partial charge on any atom is -0.396 e. The number of carbonyl (C=O) groups excluding carboxylic acids is 1. The summed E-state index contributed by atoms with van der Waals surface area (Å²) in [5, 5.41) is 12.2. The van der Waals surface area contributed by atoms with E-state index < -0.39 is 27.9 Å². The first-order chi connectivity index (χ1) is 20.0. The van der Waals surface area contributed by atoms with E-state index in [0.717, 1.165) is 25.9 Å². The van der Waals surface area contributed by atoms with Crippen LogP contribution in [0.4, 0.5) is 31.9 Å². The third kappa shape index (κ3) is 7.17. The molecule has 3 N–H and O–H groups in total. The molecule has 42 heavy (non-hydrogen) atoms. The van der Waals surface area contributed by atoms with Crippen LogP contribution in [-0.4, -0.2) is 67.9 Å². The van der Waals surface area contributed by atoms with Crippen molar-refractivity contribution in [2.24, 2.45) is 11.3 Å². The van der Waals surface area contributed by atoms with Gasteiger partial charge in [-0.15, -0.1) is 0 Å². The third-order valence-corrected chi connectivity index (χ3v) is 10.0. The summed E-state index contributed by atoms with van der Waals surface area (Å²) in [6, 6.07) is 6.52. The Labute approximate surface area is 245 Å². The molecule has 0 unspecified atom stereocenters. The van der Waals surface area contributed by atoms with E-state index in [9.17, 15) is 27.1 Å². The number of hydrogen-bond acceptors (Lipinski definition) is 8. The number of carbonyl (C=O) groups is 1. The zero-order valence-corrected chi connectivity index (χ0v) is 24.8. The fraction of sp³-hybridized carbons (Fsp3) is 0.552. The molecule has 1 spiro atoms. The number of hydrogen-bond donors (Lipinski definition) is 3. The fourth-order valence-corrected chi connectivity index (χ4v) is 7.13. The third-order valence-electron chi connectivity index (χ3n) is 8.45. The molecule has 2 aromatic rings. The smallest absolute Gasteiger partial charge is 0.269 e. The predicted molar refractivity (Wildman–Crippen MR) is 159 cm³/mol. The maximum absolute atomic E-state index is 13.6. The SMILES string of the molecule is Cc1cc(NC(=O)c2ccc(NS(=O)(=O)C[C@H](C)CO)cc2N2CCC3(CC2)CC3)nc(N2CCC(=C(F)F)CC2)n1. The van der Waals surface area contributed by atoms with Crippen molar-refractivity contribution in [3.05, 3.63) is 47.2 Å². The number of nitrogens with one attached hydrogen (secondary N) is 2. The van der Waals surface area contributed by atoms with E-state index in [1.807, 2.05) is 4.90 Å². The van der Waals surface area contributed by atoms with E-state index in [4.69, 9.17) is 0 Å². The molecule has 3 fully saturated rings. The Bertz CT molecular complexity index is 1460. The van der Waals surface area contributed by atoms with Gasteiger partial charge in [0.1, 0.15) is 5.82 Å². The second-order valence-electron chi connectivity index (χ2n) is 11.9. The van der Waals surface area contributed by atoms with Gasteiger partial charge in [0, 0.05) is 44.5 Å². The molecule has 10 nitrogen and oxygen atoms in total. The topological polar surface area (TPSA) is 128 Å². The van der Waals surface area contributed by atoms with E-state index in [2.05, 4.69) is 24.9 Å². The number of nitrogens with zero attached hydrogens (tertiary/aromatic N) is 4. The molecular formula is C29H38F2N6O4S. The fourth-order valence-electron chi connectivity index (χ4n) is 5.70. The molecule has 3 heterocycles. The van der Waals surface area contributed by atoms with Gasteiger partial charge in [-0.2, -0.15) is 13.8 Å². The van der Waals surface area contributed by atoms with Gasteiger partial charge < -0.3 is 20.2 Å². The number of piperidine rings is 2. The van der Waals surface area contributed by atoms with Gasteiger partial charge in [0.25, 0.3) is 12.0 Å². The summed E-state index contributed by atoms with van der Waals surface area (Å²) >= 11 is 0. The minimum atomic E-state index is -3.71. The Morgan fingerprint density at radius 1 is 1.05 bits per heavy atom. The molecule has 2 saturated heterocycles. The second-order valence-corrected chi connectivity index (χ2v) is 13.7. The zero-order chi connectivity index (χ0) is 30.1. The van der Waals surface area contributed by atoms with Crippen molar-refractivity contribution in [1.82, 2.24) is 9.97 Å².